The summed E-state index contributed by atoms with van der Waals surface area (Å²) in [5, 5.41) is 4.53. The maximum absolute atomic E-state index is 12.6. The average Bonchev–Trinajstić information content (AvgIpc) is 2.73. The van der Waals surface area contributed by atoms with E-state index < -0.39 is 12.1 Å². The van der Waals surface area contributed by atoms with E-state index in [0.717, 1.165) is 23.5 Å². The number of hydrogen-bond acceptors (Lipinski definition) is 4. The molecule has 0 N–H and O–H groups in total. The van der Waals surface area contributed by atoms with Crippen molar-refractivity contribution < 1.29 is 14.3 Å². The lowest BCUT2D eigenvalue weighted by atomic mass is 10.1. The van der Waals surface area contributed by atoms with Crippen LogP contribution in [-0.4, -0.2) is 44.7 Å². The van der Waals surface area contributed by atoms with Gasteiger partial charge in [-0.1, -0.05) is 13.8 Å². The van der Waals surface area contributed by atoms with Crippen molar-refractivity contribution in [1.82, 2.24) is 14.7 Å². The zero-order chi connectivity index (χ0) is 20.2. The number of aryl methyl sites for hydroxylation is 1. The minimum absolute atomic E-state index is 0.0578. The van der Waals surface area contributed by atoms with Crippen LogP contribution in [0.15, 0.2) is 0 Å². The molecule has 0 aromatic carbocycles. The number of esters is 1. The molecule has 0 bridgehead atoms. The summed E-state index contributed by atoms with van der Waals surface area (Å²) in [6, 6.07) is 0.116. The highest BCUT2D eigenvalue weighted by atomic mass is 16.5. The molecule has 1 amide bonds. The Kier molecular flexibility index (Phi) is 7.85. The molecule has 0 saturated carbocycles. The molecule has 148 valence electrons. The van der Waals surface area contributed by atoms with Gasteiger partial charge in [-0.25, -0.2) is 0 Å². The second-order valence-corrected chi connectivity index (χ2v) is 7.97. The topological polar surface area (TPSA) is 64.4 Å². The van der Waals surface area contributed by atoms with Crippen molar-refractivity contribution in [2.45, 2.75) is 93.5 Å². The second-order valence-electron chi connectivity index (χ2n) is 7.97. The summed E-state index contributed by atoms with van der Waals surface area (Å²) in [5.74, 6) is -0.0793. The van der Waals surface area contributed by atoms with Gasteiger partial charge in [0.15, 0.2) is 6.10 Å². The minimum Gasteiger partial charge on any atom is -0.452 e. The van der Waals surface area contributed by atoms with Gasteiger partial charge in [-0.15, -0.1) is 0 Å². The summed E-state index contributed by atoms with van der Waals surface area (Å²) in [5.41, 5.74) is 2.71. The van der Waals surface area contributed by atoms with Crippen molar-refractivity contribution in [3.05, 3.63) is 17.0 Å². The van der Waals surface area contributed by atoms with Crippen molar-refractivity contribution >= 4 is 11.9 Å². The largest absolute Gasteiger partial charge is 0.452 e. The predicted molar refractivity (Wildman–Crippen MR) is 103 cm³/mol. The van der Waals surface area contributed by atoms with E-state index in [2.05, 4.69) is 18.9 Å². The zero-order valence-electron chi connectivity index (χ0n) is 17.8. The third-order valence-electron chi connectivity index (χ3n) is 4.41. The van der Waals surface area contributed by atoms with Gasteiger partial charge < -0.3 is 9.64 Å². The SMILES string of the molecule is Cc1nn(CC(C)C)c(C)c1CC(=O)OC(C)C(=O)N(C(C)C)C(C)C. The first-order valence-electron chi connectivity index (χ1n) is 9.50. The van der Waals surface area contributed by atoms with Gasteiger partial charge in [0.25, 0.3) is 5.91 Å². The number of hydrogen-bond donors (Lipinski definition) is 0. The molecule has 1 aromatic rings. The predicted octanol–water partition coefficient (Wildman–Crippen LogP) is 3.28. The van der Waals surface area contributed by atoms with E-state index in [1.807, 2.05) is 46.2 Å². The summed E-state index contributed by atoms with van der Waals surface area (Å²) in [4.78, 5) is 26.7. The van der Waals surface area contributed by atoms with Crippen molar-refractivity contribution in [2.24, 2.45) is 5.92 Å². The lowest BCUT2D eigenvalue weighted by Gasteiger charge is -2.32. The fraction of sp³-hybridized carbons (Fsp3) is 0.750. The molecular formula is C20H35N3O3. The molecule has 0 saturated heterocycles. The lowest BCUT2D eigenvalue weighted by molar-refractivity contribution is -0.160. The molecule has 1 atom stereocenters. The monoisotopic (exact) mass is 365 g/mol. The maximum atomic E-state index is 12.6. The molecule has 6 nitrogen and oxygen atoms in total. The standard InChI is InChI=1S/C20H35N3O3/c1-12(2)11-22-16(8)18(15(7)21-22)10-19(24)26-17(9)20(25)23(13(3)4)14(5)6/h12-14,17H,10-11H2,1-9H3. The van der Waals surface area contributed by atoms with Crippen LogP contribution in [0.4, 0.5) is 0 Å². The molecule has 0 aliphatic carbocycles. The highest BCUT2D eigenvalue weighted by Crippen LogP contribution is 2.17. The number of carbonyl (C=O) groups excluding carboxylic acids is 2. The lowest BCUT2D eigenvalue weighted by Crippen LogP contribution is -2.47. The Morgan fingerprint density at radius 1 is 1.04 bits per heavy atom. The number of carbonyl (C=O) groups is 2. The van der Waals surface area contributed by atoms with Crippen LogP contribution in [0.2, 0.25) is 0 Å². The molecule has 0 fully saturated rings. The molecule has 0 radical (unpaired) electrons. The first kappa shape index (κ1) is 22.2. The molecule has 1 unspecified atom stereocenters. The fourth-order valence-corrected chi connectivity index (χ4v) is 3.26. The summed E-state index contributed by atoms with van der Waals surface area (Å²) >= 11 is 0. The van der Waals surface area contributed by atoms with Crippen LogP contribution in [0.1, 0.15) is 65.4 Å². The molecule has 1 rings (SSSR count). The van der Waals surface area contributed by atoms with Crippen molar-refractivity contribution in [3.8, 4) is 0 Å². The van der Waals surface area contributed by atoms with Crippen LogP contribution in [0.3, 0.4) is 0 Å². The molecule has 6 heteroatoms. The minimum atomic E-state index is -0.793. The van der Waals surface area contributed by atoms with Crippen LogP contribution >= 0.6 is 0 Å². The van der Waals surface area contributed by atoms with Crippen LogP contribution < -0.4 is 0 Å². The Morgan fingerprint density at radius 3 is 2.04 bits per heavy atom. The molecule has 1 heterocycles. The molecule has 1 aromatic heterocycles. The number of ether oxygens (including phenoxy) is 1. The Labute approximate surface area is 157 Å². The van der Waals surface area contributed by atoms with E-state index in [0.29, 0.717) is 5.92 Å². The quantitative estimate of drug-likeness (QED) is 0.663. The smallest absolute Gasteiger partial charge is 0.311 e. The van der Waals surface area contributed by atoms with Gasteiger partial charge in [0.2, 0.25) is 0 Å². The van der Waals surface area contributed by atoms with Crippen LogP contribution in [0.25, 0.3) is 0 Å². The number of rotatable bonds is 8. The van der Waals surface area contributed by atoms with E-state index in [1.165, 1.54) is 0 Å². The van der Waals surface area contributed by atoms with Crippen molar-refractivity contribution in [3.63, 3.8) is 0 Å². The van der Waals surface area contributed by atoms with E-state index in [1.54, 1.807) is 11.8 Å². The Balaban J connectivity index is 2.80. The van der Waals surface area contributed by atoms with E-state index in [9.17, 15) is 9.59 Å². The first-order chi connectivity index (χ1) is 12.0. The molecular weight excluding hydrogens is 330 g/mol. The highest BCUT2D eigenvalue weighted by Gasteiger charge is 2.28. The number of nitrogens with zero attached hydrogens (tertiary/aromatic N) is 3. The summed E-state index contributed by atoms with van der Waals surface area (Å²) in [6.45, 7) is 18.4. The van der Waals surface area contributed by atoms with Crippen LogP contribution in [0.5, 0.6) is 0 Å². The summed E-state index contributed by atoms with van der Waals surface area (Å²) in [6.07, 6.45) is -0.657. The van der Waals surface area contributed by atoms with E-state index >= 15 is 0 Å². The normalized spacial score (nSPS) is 12.8. The van der Waals surface area contributed by atoms with Gasteiger partial charge in [-0.2, -0.15) is 5.10 Å². The second kappa shape index (κ2) is 9.19. The highest BCUT2D eigenvalue weighted by molar-refractivity contribution is 5.84. The average molecular weight is 366 g/mol. The third kappa shape index (κ3) is 5.58. The van der Waals surface area contributed by atoms with E-state index in [-0.39, 0.29) is 24.4 Å². The third-order valence-corrected chi connectivity index (χ3v) is 4.41. The number of aromatic nitrogens is 2. The van der Waals surface area contributed by atoms with Gasteiger partial charge >= 0.3 is 5.97 Å². The van der Waals surface area contributed by atoms with Gasteiger partial charge in [-0.05, 0) is 54.4 Å². The van der Waals surface area contributed by atoms with Crippen LogP contribution in [-0.2, 0) is 27.3 Å². The molecule has 26 heavy (non-hydrogen) atoms. The number of amides is 1. The molecule has 0 aliphatic rings. The Bertz CT molecular complexity index is 624. The first-order valence-corrected chi connectivity index (χ1v) is 9.50. The van der Waals surface area contributed by atoms with Crippen molar-refractivity contribution in [1.29, 1.82) is 0 Å². The van der Waals surface area contributed by atoms with Gasteiger partial charge in [0.1, 0.15) is 0 Å². The maximum Gasteiger partial charge on any atom is 0.311 e. The van der Waals surface area contributed by atoms with Crippen molar-refractivity contribution in [2.75, 3.05) is 0 Å². The Morgan fingerprint density at radius 2 is 1.58 bits per heavy atom. The van der Waals surface area contributed by atoms with Gasteiger partial charge in [-0.3, -0.25) is 14.3 Å². The summed E-state index contributed by atoms with van der Waals surface area (Å²) < 4.78 is 7.37. The fourth-order valence-electron chi connectivity index (χ4n) is 3.26. The Hall–Kier alpha value is -1.85. The van der Waals surface area contributed by atoms with Crippen LogP contribution in [0, 0.1) is 19.8 Å². The zero-order valence-corrected chi connectivity index (χ0v) is 17.8. The van der Waals surface area contributed by atoms with E-state index in [4.69, 9.17) is 4.74 Å². The van der Waals surface area contributed by atoms with Gasteiger partial charge in [0.05, 0.1) is 12.1 Å². The molecule has 0 spiro atoms. The summed E-state index contributed by atoms with van der Waals surface area (Å²) in [7, 11) is 0. The van der Waals surface area contributed by atoms with Gasteiger partial charge in [0, 0.05) is 29.9 Å². The molecule has 0 aliphatic heterocycles.